The van der Waals surface area contributed by atoms with E-state index in [-0.39, 0.29) is 0 Å². The van der Waals surface area contributed by atoms with Gasteiger partial charge in [0, 0.05) is 39.6 Å². The Kier molecular flexibility index (Phi) is 3.91. The summed E-state index contributed by atoms with van der Waals surface area (Å²) in [6.07, 6.45) is 3.52. The highest BCUT2D eigenvalue weighted by Crippen LogP contribution is 2.40. The number of rotatable bonds is 2. The predicted molar refractivity (Wildman–Crippen MR) is 148 cm³/mol. The molecule has 8 rings (SSSR count). The minimum Gasteiger partial charge on any atom is -0.309 e. The second kappa shape index (κ2) is 7.27. The zero-order chi connectivity index (χ0) is 23.6. The van der Waals surface area contributed by atoms with E-state index in [9.17, 15) is 0 Å². The van der Waals surface area contributed by atoms with Gasteiger partial charge in [0.1, 0.15) is 5.52 Å². The van der Waals surface area contributed by atoms with E-state index in [1.165, 1.54) is 32.6 Å². The first-order valence-electron chi connectivity index (χ1n) is 12.1. The van der Waals surface area contributed by atoms with Gasteiger partial charge in [-0.05, 0) is 48.5 Å². The standard InChI is InChI=1S/C32H20N4/c1-2-9-21(10-3-1)35-27-14-6-4-11-22(27)24-19-25-23-12-5-7-15-28(23)36(31(25)20-30(24)35)29-16-8-13-26-32(29)34-18-17-33-26/h1-20H. The molecule has 8 aromatic rings. The Bertz CT molecular complexity index is 2090. The van der Waals surface area contributed by atoms with E-state index in [1.54, 1.807) is 12.4 Å². The van der Waals surface area contributed by atoms with Crippen LogP contribution in [0.15, 0.2) is 122 Å². The first-order valence-corrected chi connectivity index (χ1v) is 12.1. The first-order chi connectivity index (χ1) is 17.9. The summed E-state index contributed by atoms with van der Waals surface area (Å²) in [5.41, 5.74) is 8.68. The highest BCUT2D eigenvalue weighted by Gasteiger charge is 2.19. The minimum absolute atomic E-state index is 0.889. The summed E-state index contributed by atoms with van der Waals surface area (Å²) in [6.45, 7) is 0. The third-order valence-electron chi connectivity index (χ3n) is 7.20. The van der Waals surface area contributed by atoms with Gasteiger partial charge in [0.05, 0.1) is 33.3 Å². The summed E-state index contributed by atoms with van der Waals surface area (Å²) in [6, 6.07) is 38.8. The van der Waals surface area contributed by atoms with Gasteiger partial charge in [-0.3, -0.25) is 9.97 Å². The topological polar surface area (TPSA) is 35.6 Å². The molecule has 4 nitrogen and oxygen atoms in total. The minimum atomic E-state index is 0.889. The van der Waals surface area contributed by atoms with Gasteiger partial charge in [0.2, 0.25) is 0 Å². The van der Waals surface area contributed by atoms with Gasteiger partial charge in [-0.15, -0.1) is 0 Å². The van der Waals surface area contributed by atoms with E-state index in [4.69, 9.17) is 4.98 Å². The zero-order valence-electron chi connectivity index (χ0n) is 19.3. The van der Waals surface area contributed by atoms with Gasteiger partial charge in [-0.1, -0.05) is 60.7 Å². The predicted octanol–water partition coefficient (Wildman–Crippen LogP) is 7.82. The summed E-state index contributed by atoms with van der Waals surface area (Å²) in [7, 11) is 0. The summed E-state index contributed by atoms with van der Waals surface area (Å²) in [4.78, 5) is 9.29. The summed E-state index contributed by atoms with van der Waals surface area (Å²) < 4.78 is 4.71. The Morgan fingerprint density at radius 2 is 1.08 bits per heavy atom. The lowest BCUT2D eigenvalue weighted by molar-refractivity contribution is 1.16. The Hall–Kier alpha value is -4.96. The molecule has 5 aromatic carbocycles. The summed E-state index contributed by atoms with van der Waals surface area (Å²) >= 11 is 0. The molecule has 0 aliphatic carbocycles. The van der Waals surface area contributed by atoms with Gasteiger partial charge in [0.15, 0.2) is 0 Å². The van der Waals surface area contributed by atoms with Crippen LogP contribution in [0, 0.1) is 0 Å². The molecular formula is C32H20N4. The number of aromatic nitrogens is 4. The first kappa shape index (κ1) is 19.4. The molecule has 0 saturated heterocycles. The van der Waals surface area contributed by atoms with E-state index in [2.05, 4.69) is 117 Å². The van der Waals surface area contributed by atoms with Crippen molar-refractivity contribution in [3.8, 4) is 11.4 Å². The monoisotopic (exact) mass is 460 g/mol. The van der Waals surface area contributed by atoms with Gasteiger partial charge in [-0.2, -0.15) is 0 Å². The molecule has 3 heterocycles. The van der Waals surface area contributed by atoms with E-state index in [0.29, 0.717) is 0 Å². The lowest BCUT2D eigenvalue weighted by Crippen LogP contribution is -1.98. The molecule has 0 amide bonds. The van der Waals surface area contributed by atoms with Crippen molar-refractivity contribution in [1.29, 1.82) is 0 Å². The summed E-state index contributed by atoms with van der Waals surface area (Å²) in [5.74, 6) is 0. The molecule has 0 radical (unpaired) electrons. The van der Waals surface area contributed by atoms with Crippen LogP contribution in [-0.2, 0) is 0 Å². The number of fused-ring (bicyclic) bond motifs is 7. The Morgan fingerprint density at radius 1 is 0.444 bits per heavy atom. The number of benzene rings is 5. The molecule has 0 aliphatic heterocycles. The molecule has 0 N–H and O–H groups in total. The van der Waals surface area contributed by atoms with E-state index in [0.717, 1.165) is 33.4 Å². The van der Waals surface area contributed by atoms with E-state index in [1.807, 2.05) is 6.07 Å². The molecule has 0 fully saturated rings. The number of hydrogen-bond donors (Lipinski definition) is 0. The van der Waals surface area contributed by atoms with Gasteiger partial charge in [-0.25, -0.2) is 0 Å². The fourth-order valence-corrected chi connectivity index (χ4v) is 5.70. The van der Waals surface area contributed by atoms with E-state index < -0.39 is 0 Å². The SMILES string of the molecule is c1ccc(-n2c3ccccc3c3cc4c5ccccc5n(-c5cccc6nccnc56)c4cc32)cc1. The van der Waals surface area contributed by atoms with Crippen LogP contribution < -0.4 is 0 Å². The molecule has 0 saturated carbocycles. The maximum atomic E-state index is 4.72. The fraction of sp³-hybridized carbons (Fsp3) is 0. The molecule has 0 spiro atoms. The van der Waals surface area contributed by atoms with Crippen molar-refractivity contribution in [2.24, 2.45) is 0 Å². The van der Waals surface area contributed by atoms with Crippen LogP contribution in [0.4, 0.5) is 0 Å². The Balaban J connectivity index is 1.59. The quantitative estimate of drug-likeness (QED) is 0.264. The molecule has 0 bridgehead atoms. The van der Waals surface area contributed by atoms with Crippen molar-refractivity contribution in [3.05, 3.63) is 122 Å². The lowest BCUT2D eigenvalue weighted by atomic mass is 10.1. The number of hydrogen-bond acceptors (Lipinski definition) is 2. The second-order valence-corrected chi connectivity index (χ2v) is 9.13. The van der Waals surface area contributed by atoms with Gasteiger partial charge >= 0.3 is 0 Å². The van der Waals surface area contributed by atoms with Gasteiger partial charge in [0.25, 0.3) is 0 Å². The average molecular weight is 461 g/mol. The fourth-order valence-electron chi connectivity index (χ4n) is 5.70. The Morgan fingerprint density at radius 3 is 1.86 bits per heavy atom. The third-order valence-corrected chi connectivity index (χ3v) is 7.20. The second-order valence-electron chi connectivity index (χ2n) is 9.13. The molecule has 0 unspecified atom stereocenters. The van der Waals surface area contributed by atoms with Gasteiger partial charge < -0.3 is 9.13 Å². The maximum absolute atomic E-state index is 4.72. The van der Waals surface area contributed by atoms with Crippen LogP contribution >= 0.6 is 0 Å². The Labute approximate surface area is 206 Å². The lowest BCUT2D eigenvalue weighted by Gasteiger charge is -2.11. The maximum Gasteiger partial charge on any atom is 0.113 e. The van der Waals surface area contributed by atoms with Crippen molar-refractivity contribution >= 4 is 54.6 Å². The largest absolute Gasteiger partial charge is 0.309 e. The van der Waals surface area contributed by atoms with Crippen molar-refractivity contribution in [3.63, 3.8) is 0 Å². The molecule has 3 aromatic heterocycles. The molecule has 168 valence electrons. The van der Waals surface area contributed by atoms with Crippen LogP contribution in [-0.4, -0.2) is 19.1 Å². The number of para-hydroxylation sites is 4. The van der Waals surface area contributed by atoms with Crippen molar-refractivity contribution < 1.29 is 0 Å². The smallest absolute Gasteiger partial charge is 0.113 e. The van der Waals surface area contributed by atoms with Crippen molar-refractivity contribution in [1.82, 2.24) is 19.1 Å². The van der Waals surface area contributed by atoms with E-state index >= 15 is 0 Å². The zero-order valence-corrected chi connectivity index (χ0v) is 19.3. The molecular weight excluding hydrogens is 440 g/mol. The van der Waals surface area contributed by atoms with Crippen LogP contribution in [0.3, 0.4) is 0 Å². The highest BCUT2D eigenvalue weighted by atomic mass is 15.0. The molecule has 0 atom stereocenters. The molecule has 4 heteroatoms. The molecule has 0 aliphatic rings. The normalized spacial score (nSPS) is 11.9. The highest BCUT2D eigenvalue weighted by molar-refractivity contribution is 6.19. The summed E-state index contributed by atoms with van der Waals surface area (Å²) in [5, 5.41) is 4.97. The van der Waals surface area contributed by atoms with Crippen molar-refractivity contribution in [2.75, 3.05) is 0 Å². The van der Waals surface area contributed by atoms with Crippen LogP contribution in [0.25, 0.3) is 66.0 Å². The van der Waals surface area contributed by atoms with Crippen molar-refractivity contribution in [2.45, 2.75) is 0 Å². The number of nitrogens with zero attached hydrogens (tertiary/aromatic N) is 4. The third kappa shape index (κ3) is 2.58. The van der Waals surface area contributed by atoms with Crippen LogP contribution in [0.2, 0.25) is 0 Å². The van der Waals surface area contributed by atoms with Crippen LogP contribution in [0.5, 0.6) is 0 Å². The molecule has 36 heavy (non-hydrogen) atoms. The average Bonchev–Trinajstić information content (AvgIpc) is 3.44. The van der Waals surface area contributed by atoms with Crippen LogP contribution in [0.1, 0.15) is 0 Å².